The van der Waals surface area contributed by atoms with Crippen molar-refractivity contribution in [2.24, 2.45) is 0 Å². The van der Waals surface area contributed by atoms with Gasteiger partial charge in [0.15, 0.2) is 0 Å². The number of rotatable bonds is 6. The van der Waals surface area contributed by atoms with Crippen LogP contribution in [0, 0.1) is 34.0 Å². The van der Waals surface area contributed by atoms with Crippen LogP contribution in [0.25, 0.3) is 0 Å². The quantitative estimate of drug-likeness (QED) is 0.513. The molecule has 0 N–H and O–H groups in total. The fourth-order valence-electron chi connectivity index (χ4n) is 0.460. The van der Waals surface area contributed by atoms with Crippen LogP contribution in [-0.2, 0) is 14.0 Å². The highest BCUT2D eigenvalue weighted by atomic mass is 16.7. The van der Waals surface area contributed by atoms with Crippen molar-refractivity contribution in [1.82, 2.24) is 0 Å². The highest BCUT2D eigenvalue weighted by Gasteiger charge is 2.20. The van der Waals surface area contributed by atoms with E-state index in [0.29, 0.717) is 0 Å². The molecule has 0 unspecified atom stereocenters. The minimum absolute atomic E-state index is 0.221. The summed E-state index contributed by atoms with van der Waals surface area (Å²) < 4.78 is 14.1. The van der Waals surface area contributed by atoms with Crippen LogP contribution in [0.1, 0.15) is 0 Å². The first kappa shape index (κ1) is 11.4. The lowest BCUT2D eigenvalue weighted by Crippen LogP contribution is -2.27. The molecular weight excluding hydrogens is 173 g/mol. The highest BCUT2D eigenvalue weighted by molar-refractivity contribution is 6.36. The van der Waals surface area contributed by atoms with Crippen molar-refractivity contribution in [1.29, 1.82) is 15.8 Å². The van der Waals surface area contributed by atoms with E-state index in [1.54, 1.807) is 18.2 Å². The Bertz CT molecular complexity index is 209. The molecule has 6 nitrogen and oxygen atoms in total. The maximum Gasteiger partial charge on any atom is 0.641 e. The maximum atomic E-state index is 8.15. The summed E-state index contributed by atoms with van der Waals surface area (Å²) in [6.45, 7) is -0.662. The second-order valence-corrected chi connectivity index (χ2v) is 1.70. The van der Waals surface area contributed by atoms with Crippen molar-refractivity contribution >= 4 is 7.32 Å². The molecule has 0 saturated carbocycles. The van der Waals surface area contributed by atoms with E-state index in [1.165, 1.54) is 0 Å². The van der Waals surface area contributed by atoms with Crippen LogP contribution in [-0.4, -0.2) is 27.1 Å². The van der Waals surface area contributed by atoms with Crippen molar-refractivity contribution in [3.8, 4) is 18.2 Å². The summed E-state index contributed by atoms with van der Waals surface area (Å²) in [7, 11) is -1.13. The summed E-state index contributed by atoms with van der Waals surface area (Å²) in [5.74, 6) is 0. The Morgan fingerprint density at radius 1 is 0.769 bits per heavy atom. The molecule has 0 spiro atoms. The third-order valence-corrected chi connectivity index (χ3v) is 0.852. The molecule has 0 bridgehead atoms. The zero-order chi connectivity index (χ0) is 9.94. The van der Waals surface area contributed by atoms with Gasteiger partial charge in [0.05, 0.1) is 18.2 Å². The molecule has 0 aromatic heterocycles. The average Bonchev–Trinajstić information content (AvgIpc) is 2.17. The van der Waals surface area contributed by atoms with Gasteiger partial charge in [-0.1, -0.05) is 0 Å². The number of hydrogen-bond acceptors (Lipinski definition) is 6. The topological polar surface area (TPSA) is 99.1 Å². The monoisotopic (exact) mass is 179 g/mol. The minimum Gasteiger partial charge on any atom is -0.372 e. The minimum atomic E-state index is -1.13. The van der Waals surface area contributed by atoms with Crippen LogP contribution >= 0.6 is 0 Å². The molecule has 0 aromatic carbocycles. The van der Waals surface area contributed by atoms with Gasteiger partial charge in [-0.05, 0) is 0 Å². The first-order valence-corrected chi connectivity index (χ1v) is 3.30. The smallest absolute Gasteiger partial charge is 0.372 e. The Balaban J connectivity index is 3.70. The van der Waals surface area contributed by atoms with E-state index in [9.17, 15) is 0 Å². The molecule has 0 aromatic rings. The largest absolute Gasteiger partial charge is 0.641 e. The van der Waals surface area contributed by atoms with E-state index in [0.717, 1.165) is 0 Å². The van der Waals surface area contributed by atoms with Gasteiger partial charge in [0.25, 0.3) is 0 Å². The maximum absolute atomic E-state index is 8.15. The lowest BCUT2D eigenvalue weighted by molar-refractivity contribution is 0.127. The van der Waals surface area contributed by atoms with Crippen molar-refractivity contribution in [2.75, 3.05) is 19.8 Å². The van der Waals surface area contributed by atoms with E-state index in [1.807, 2.05) is 0 Å². The van der Waals surface area contributed by atoms with E-state index < -0.39 is 7.32 Å². The molecule has 0 rings (SSSR count). The van der Waals surface area contributed by atoms with Gasteiger partial charge in [-0.15, -0.1) is 0 Å². The zero-order valence-electron chi connectivity index (χ0n) is 6.77. The van der Waals surface area contributed by atoms with Crippen LogP contribution in [0.5, 0.6) is 0 Å². The van der Waals surface area contributed by atoms with Gasteiger partial charge in [-0.25, -0.2) is 0 Å². The Kier molecular flexibility index (Phi) is 7.47. The lowest BCUT2D eigenvalue weighted by atomic mass is 10.2. The molecule has 0 atom stereocenters. The molecule has 0 aliphatic rings. The summed E-state index contributed by atoms with van der Waals surface area (Å²) in [5, 5.41) is 24.4. The molecule has 66 valence electrons. The van der Waals surface area contributed by atoms with Crippen molar-refractivity contribution in [3.63, 3.8) is 0 Å². The Morgan fingerprint density at radius 2 is 1.08 bits per heavy atom. The highest BCUT2D eigenvalue weighted by Crippen LogP contribution is 1.91. The van der Waals surface area contributed by atoms with E-state index in [2.05, 4.69) is 14.0 Å². The molecule has 0 fully saturated rings. The van der Waals surface area contributed by atoms with Gasteiger partial charge in [-0.3, -0.25) is 0 Å². The molecular formula is C6H6BN3O3. The van der Waals surface area contributed by atoms with Crippen molar-refractivity contribution in [3.05, 3.63) is 0 Å². The van der Waals surface area contributed by atoms with Gasteiger partial charge in [-0.2, -0.15) is 15.8 Å². The van der Waals surface area contributed by atoms with Gasteiger partial charge < -0.3 is 14.0 Å². The lowest BCUT2D eigenvalue weighted by Gasteiger charge is -2.07. The van der Waals surface area contributed by atoms with E-state index >= 15 is 0 Å². The number of nitriles is 3. The third kappa shape index (κ3) is 6.80. The molecule has 13 heavy (non-hydrogen) atoms. The molecule has 0 heterocycles. The average molecular weight is 179 g/mol. The van der Waals surface area contributed by atoms with Crippen LogP contribution in [0.15, 0.2) is 0 Å². The van der Waals surface area contributed by atoms with Gasteiger partial charge >= 0.3 is 7.32 Å². The summed E-state index contributed by atoms with van der Waals surface area (Å²) >= 11 is 0. The predicted octanol–water partition coefficient (Wildman–Crippen LogP) is -0.408. The van der Waals surface area contributed by atoms with Crippen LogP contribution in [0.2, 0.25) is 0 Å². The summed E-state index contributed by atoms with van der Waals surface area (Å²) in [6.07, 6.45) is 0. The second-order valence-electron chi connectivity index (χ2n) is 1.70. The van der Waals surface area contributed by atoms with Crippen LogP contribution in [0.3, 0.4) is 0 Å². The standard InChI is InChI=1S/C6H6BN3O3/c8-1-4-11-7(12-5-2-9)13-6-3-10/h4-6H2. The molecule has 0 aliphatic heterocycles. The third-order valence-electron chi connectivity index (χ3n) is 0.852. The second kappa shape index (κ2) is 8.51. The molecule has 0 radical (unpaired) electrons. The zero-order valence-corrected chi connectivity index (χ0v) is 6.77. The summed E-state index contributed by atoms with van der Waals surface area (Å²) in [4.78, 5) is 0. The predicted molar refractivity (Wildman–Crippen MR) is 40.4 cm³/mol. The van der Waals surface area contributed by atoms with Gasteiger partial charge in [0.1, 0.15) is 19.8 Å². The van der Waals surface area contributed by atoms with Crippen LogP contribution in [0.4, 0.5) is 0 Å². The van der Waals surface area contributed by atoms with E-state index in [4.69, 9.17) is 15.8 Å². The summed E-state index contributed by atoms with van der Waals surface area (Å²) in [5.41, 5.74) is 0. The first-order valence-electron chi connectivity index (χ1n) is 3.30. The number of nitrogens with zero attached hydrogens (tertiary/aromatic N) is 3. The molecule has 0 aliphatic carbocycles. The Hall–Kier alpha value is -1.59. The summed E-state index contributed by atoms with van der Waals surface area (Å²) in [6, 6.07) is 5.11. The van der Waals surface area contributed by atoms with Gasteiger partial charge in [0.2, 0.25) is 0 Å². The molecule has 0 amide bonds. The molecule has 0 saturated heterocycles. The van der Waals surface area contributed by atoms with Crippen molar-refractivity contribution < 1.29 is 14.0 Å². The van der Waals surface area contributed by atoms with Crippen LogP contribution < -0.4 is 0 Å². The number of hydrogen-bond donors (Lipinski definition) is 0. The SMILES string of the molecule is N#CCOB(OCC#N)OCC#N. The van der Waals surface area contributed by atoms with E-state index in [-0.39, 0.29) is 19.8 Å². The van der Waals surface area contributed by atoms with Crippen molar-refractivity contribution in [2.45, 2.75) is 0 Å². The Morgan fingerprint density at radius 3 is 1.31 bits per heavy atom. The fourth-order valence-corrected chi connectivity index (χ4v) is 0.460. The normalized spacial score (nSPS) is 8.08. The fraction of sp³-hybridized carbons (Fsp3) is 0.500. The molecule has 7 heteroatoms. The first-order chi connectivity index (χ1) is 6.35. The Labute approximate surface area is 76.0 Å². The van der Waals surface area contributed by atoms with Gasteiger partial charge in [0, 0.05) is 0 Å².